The van der Waals surface area contributed by atoms with Crippen LogP contribution in [0.1, 0.15) is 21.6 Å². The Morgan fingerprint density at radius 3 is 3.07 bits per heavy atom. The van der Waals surface area contributed by atoms with Gasteiger partial charge in [0.25, 0.3) is 5.91 Å². The molecule has 0 aliphatic carbocycles. The summed E-state index contributed by atoms with van der Waals surface area (Å²) in [6, 6.07) is 5.83. The van der Waals surface area contributed by atoms with Crippen LogP contribution in [0, 0.1) is 6.92 Å². The van der Waals surface area contributed by atoms with Crippen LogP contribution in [0.3, 0.4) is 0 Å². The molecule has 0 atom stereocenters. The van der Waals surface area contributed by atoms with Crippen LogP contribution in [0.2, 0.25) is 0 Å². The largest absolute Gasteiger partial charge is 0.358 e. The van der Waals surface area contributed by atoms with E-state index in [9.17, 15) is 4.79 Å². The maximum atomic E-state index is 11.8. The Balaban J connectivity index is 2.47. The molecule has 3 nitrogen and oxygen atoms in total. The van der Waals surface area contributed by atoms with E-state index < -0.39 is 0 Å². The first kappa shape index (κ1) is 8.53. The number of carbonyl (C=O) groups is 1. The number of amides is 1. The molecule has 1 amide bonds. The van der Waals surface area contributed by atoms with Crippen LogP contribution in [0.25, 0.3) is 10.9 Å². The summed E-state index contributed by atoms with van der Waals surface area (Å²) in [6.45, 7) is 2.79. The SMILES string of the molecule is Cc1[nH]c2cccc3c2c1CCNC3=O. The highest BCUT2D eigenvalue weighted by atomic mass is 16.1. The van der Waals surface area contributed by atoms with Gasteiger partial charge in [-0.25, -0.2) is 0 Å². The first-order valence-corrected chi connectivity index (χ1v) is 5.16. The van der Waals surface area contributed by atoms with E-state index in [1.807, 2.05) is 18.2 Å². The highest BCUT2D eigenvalue weighted by Crippen LogP contribution is 2.27. The van der Waals surface area contributed by atoms with Crippen molar-refractivity contribution in [3.8, 4) is 0 Å². The van der Waals surface area contributed by atoms with Gasteiger partial charge in [-0.3, -0.25) is 4.79 Å². The van der Waals surface area contributed by atoms with Gasteiger partial charge >= 0.3 is 0 Å². The normalized spacial score (nSPS) is 15.1. The second kappa shape index (κ2) is 2.86. The Bertz CT molecular complexity index is 554. The number of hydrogen-bond acceptors (Lipinski definition) is 1. The summed E-state index contributed by atoms with van der Waals surface area (Å²) >= 11 is 0. The van der Waals surface area contributed by atoms with Crippen LogP contribution in [0.5, 0.6) is 0 Å². The van der Waals surface area contributed by atoms with Gasteiger partial charge in [-0.2, -0.15) is 0 Å². The van der Waals surface area contributed by atoms with Crippen LogP contribution in [-0.4, -0.2) is 17.4 Å². The minimum Gasteiger partial charge on any atom is -0.358 e. The van der Waals surface area contributed by atoms with Gasteiger partial charge in [0, 0.05) is 28.7 Å². The molecule has 0 radical (unpaired) electrons. The second-order valence-corrected chi connectivity index (χ2v) is 3.96. The van der Waals surface area contributed by atoms with Crippen molar-refractivity contribution in [3.05, 3.63) is 35.0 Å². The molecule has 76 valence electrons. The van der Waals surface area contributed by atoms with Crippen LogP contribution in [0.4, 0.5) is 0 Å². The first-order chi connectivity index (χ1) is 7.27. The molecule has 1 aromatic carbocycles. The molecule has 0 saturated carbocycles. The maximum absolute atomic E-state index is 11.8. The minimum absolute atomic E-state index is 0.0401. The van der Waals surface area contributed by atoms with E-state index in [4.69, 9.17) is 0 Å². The van der Waals surface area contributed by atoms with Crippen LogP contribution in [0.15, 0.2) is 18.2 Å². The number of nitrogens with one attached hydrogen (secondary N) is 2. The summed E-state index contributed by atoms with van der Waals surface area (Å²) in [7, 11) is 0. The van der Waals surface area contributed by atoms with E-state index in [0.717, 1.165) is 29.4 Å². The Morgan fingerprint density at radius 2 is 2.20 bits per heavy atom. The lowest BCUT2D eigenvalue weighted by Gasteiger charge is -2.00. The number of rotatable bonds is 0. The Hall–Kier alpha value is -1.77. The van der Waals surface area contributed by atoms with Crippen molar-refractivity contribution >= 4 is 16.8 Å². The fourth-order valence-electron chi connectivity index (χ4n) is 2.34. The number of H-pyrrole nitrogens is 1. The fourth-order valence-corrected chi connectivity index (χ4v) is 2.34. The van der Waals surface area contributed by atoms with Gasteiger partial charge < -0.3 is 10.3 Å². The monoisotopic (exact) mass is 200 g/mol. The van der Waals surface area contributed by atoms with Crippen molar-refractivity contribution in [2.45, 2.75) is 13.3 Å². The summed E-state index contributed by atoms with van der Waals surface area (Å²) in [5.74, 6) is 0.0401. The third-order valence-corrected chi connectivity index (χ3v) is 3.05. The van der Waals surface area contributed by atoms with Crippen LogP contribution < -0.4 is 5.32 Å². The smallest absolute Gasteiger partial charge is 0.251 e. The zero-order chi connectivity index (χ0) is 10.4. The van der Waals surface area contributed by atoms with E-state index in [1.54, 1.807) is 0 Å². The zero-order valence-electron chi connectivity index (χ0n) is 8.55. The summed E-state index contributed by atoms with van der Waals surface area (Å²) in [5.41, 5.74) is 4.31. The van der Waals surface area contributed by atoms with Gasteiger partial charge in [-0.05, 0) is 31.0 Å². The quantitative estimate of drug-likeness (QED) is 0.668. The maximum Gasteiger partial charge on any atom is 0.251 e. The third kappa shape index (κ3) is 1.09. The van der Waals surface area contributed by atoms with Gasteiger partial charge in [0.2, 0.25) is 0 Å². The molecule has 0 bridgehead atoms. The lowest BCUT2D eigenvalue weighted by molar-refractivity contribution is 0.0957. The molecule has 0 saturated heterocycles. The summed E-state index contributed by atoms with van der Waals surface area (Å²) in [5, 5.41) is 4.01. The van der Waals surface area contributed by atoms with E-state index >= 15 is 0 Å². The van der Waals surface area contributed by atoms with Crippen molar-refractivity contribution in [2.24, 2.45) is 0 Å². The number of aromatic amines is 1. The van der Waals surface area contributed by atoms with E-state index in [-0.39, 0.29) is 5.91 Å². The highest BCUT2D eigenvalue weighted by molar-refractivity contribution is 6.08. The molecule has 0 fully saturated rings. The van der Waals surface area contributed by atoms with Gasteiger partial charge in [0.05, 0.1) is 0 Å². The molecule has 15 heavy (non-hydrogen) atoms. The first-order valence-electron chi connectivity index (χ1n) is 5.16. The lowest BCUT2D eigenvalue weighted by Crippen LogP contribution is -2.23. The minimum atomic E-state index is 0.0401. The molecule has 1 aliphatic heterocycles. The summed E-state index contributed by atoms with van der Waals surface area (Å²) in [6.07, 6.45) is 0.911. The van der Waals surface area contributed by atoms with Crippen molar-refractivity contribution in [1.29, 1.82) is 0 Å². The lowest BCUT2D eigenvalue weighted by atomic mass is 10.0. The van der Waals surface area contributed by atoms with Crippen molar-refractivity contribution in [3.63, 3.8) is 0 Å². The molecule has 3 rings (SSSR count). The van der Waals surface area contributed by atoms with Crippen molar-refractivity contribution < 1.29 is 4.79 Å². The highest BCUT2D eigenvalue weighted by Gasteiger charge is 2.19. The molecule has 2 N–H and O–H groups in total. The molecule has 2 aromatic rings. The van der Waals surface area contributed by atoms with E-state index in [0.29, 0.717) is 0 Å². The Kier molecular flexibility index (Phi) is 1.63. The number of hydrogen-bond donors (Lipinski definition) is 2. The molecule has 3 heteroatoms. The predicted molar refractivity (Wildman–Crippen MR) is 59.1 cm³/mol. The van der Waals surface area contributed by atoms with E-state index in [2.05, 4.69) is 17.2 Å². The molecule has 1 aromatic heterocycles. The van der Waals surface area contributed by atoms with Crippen molar-refractivity contribution in [1.82, 2.24) is 10.3 Å². The fraction of sp³-hybridized carbons (Fsp3) is 0.250. The molecule has 2 heterocycles. The number of aromatic nitrogens is 1. The van der Waals surface area contributed by atoms with Crippen molar-refractivity contribution in [2.75, 3.05) is 6.54 Å². The molecule has 0 unspecified atom stereocenters. The topological polar surface area (TPSA) is 44.9 Å². The third-order valence-electron chi connectivity index (χ3n) is 3.05. The Labute approximate surface area is 87.5 Å². The molecular weight excluding hydrogens is 188 g/mol. The average molecular weight is 200 g/mol. The van der Waals surface area contributed by atoms with Gasteiger partial charge in [-0.15, -0.1) is 0 Å². The standard InChI is InChI=1S/C12H12N2O/c1-7-8-5-6-13-12(15)9-3-2-4-10(14-7)11(8)9/h2-4,14H,5-6H2,1H3,(H,13,15). The van der Waals surface area contributed by atoms with Crippen LogP contribution in [-0.2, 0) is 6.42 Å². The molecular formula is C12H12N2O. The van der Waals surface area contributed by atoms with Gasteiger partial charge in [-0.1, -0.05) is 6.07 Å². The second-order valence-electron chi connectivity index (χ2n) is 3.96. The zero-order valence-corrected chi connectivity index (χ0v) is 8.55. The van der Waals surface area contributed by atoms with Gasteiger partial charge in [0.15, 0.2) is 0 Å². The number of benzene rings is 1. The number of aryl methyl sites for hydroxylation is 1. The molecule has 0 spiro atoms. The summed E-state index contributed by atoms with van der Waals surface area (Å²) in [4.78, 5) is 15.1. The van der Waals surface area contributed by atoms with E-state index in [1.165, 1.54) is 11.3 Å². The van der Waals surface area contributed by atoms with Crippen LogP contribution >= 0.6 is 0 Å². The molecule has 1 aliphatic rings. The number of carbonyl (C=O) groups excluding carboxylic acids is 1. The van der Waals surface area contributed by atoms with Gasteiger partial charge in [0.1, 0.15) is 0 Å². The Morgan fingerprint density at radius 1 is 1.33 bits per heavy atom. The predicted octanol–water partition coefficient (Wildman–Crippen LogP) is 1.76. The average Bonchev–Trinajstić information content (AvgIpc) is 2.43. The summed E-state index contributed by atoms with van der Waals surface area (Å²) < 4.78 is 0.